The summed E-state index contributed by atoms with van der Waals surface area (Å²) in [7, 11) is 6.19. The van der Waals surface area contributed by atoms with Gasteiger partial charge in [0.2, 0.25) is 0 Å². The molecule has 46 heavy (non-hydrogen) atoms. The molecule has 9 heteroatoms. The molecule has 1 aliphatic carbocycles. The summed E-state index contributed by atoms with van der Waals surface area (Å²) in [4.78, 5) is 41.7. The first-order valence-electron chi connectivity index (χ1n) is 14.8. The summed E-state index contributed by atoms with van der Waals surface area (Å²) in [5.74, 6) is 1.08. The highest BCUT2D eigenvalue weighted by Crippen LogP contribution is 2.61. The summed E-state index contributed by atoms with van der Waals surface area (Å²) >= 11 is 0. The van der Waals surface area contributed by atoms with Gasteiger partial charge < -0.3 is 28.4 Å². The summed E-state index contributed by atoms with van der Waals surface area (Å²) in [5, 5.41) is 3.93. The molecule has 5 aromatic rings. The Kier molecular flexibility index (Phi) is 6.46. The summed E-state index contributed by atoms with van der Waals surface area (Å²) in [6.07, 6.45) is -0.185. The number of hydrogen-bond acceptors (Lipinski definition) is 9. The predicted octanol–water partition coefficient (Wildman–Crippen LogP) is 6.92. The molecule has 7 rings (SSSR count). The third-order valence-corrected chi connectivity index (χ3v) is 8.99. The predicted molar refractivity (Wildman–Crippen MR) is 172 cm³/mol. The summed E-state index contributed by atoms with van der Waals surface area (Å²) in [6.45, 7) is 5.28. The fourth-order valence-corrected chi connectivity index (χ4v) is 6.83. The van der Waals surface area contributed by atoms with Gasteiger partial charge in [-0.25, -0.2) is 0 Å². The van der Waals surface area contributed by atoms with Crippen molar-refractivity contribution in [3.63, 3.8) is 0 Å². The van der Waals surface area contributed by atoms with Crippen LogP contribution in [0.3, 0.4) is 0 Å². The van der Waals surface area contributed by atoms with Crippen LogP contribution in [0.15, 0.2) is 54.6 Å². The maximum Gasteiger partial charge on any atom is 0.327 e. The van der Waals surface area contributed by atoms with Crippen LogP contribution >= 0.6 is 0 Å². The minimum Gasteiger partial charge on any atom is -0.497 e. The van der Waals surface area contributed by atoms with E-state index in [0.29, 0.717) is 55.8 Å². The van der Waals surface area contributed by atoms with Gasteiger partial charge in [0.25, 0.3) is 0 Å². The monoisotopic (exact) mass is 620 g/mol. The first-order chi connectivity index (χ1) is 22.0. The van der Waals surface area contributed by atoms with Gasteiger partial charge in [-0.05, 0) is 90.8 Å². The van der Waals surface area contributed by atoms with Crippen molar-refractivity contribution in [3.8, 4) is 34.5 Å². The van der Waals surface area contributed by atoms with Crippen LogP contribution in [0.1, 0.15) is 48.7 Å². The fraction of sp³-hybridized carbons (Fsp3) is 0.270. The molecule has 0 saturated heterocycles. The summed E-state index contributed by atoms with van der Waals surface area (Å²) in [6, 6.07) is 16.2. The van der Waals surface area contributed by atoms with E-state index >= 15 is 0 Å². The molecule has 1 spiro atoms. The Hall–Kier alpha value is -5.31. The second kappa shape index (κ2) is 10.1. The van der Waals surface area contributed by atoms with E-state index in [1.807, 2.05) is 42.5 Å². The van der Waals surface area contributed by atoms with E-state index in [1.165, 1.54) is 14.2 Å². The van der Waals surface area contributed by atoms with Crippen LogP contribution in [0.4, 0.5) is 0 Å². The maximum atomic E-state index is 14.3. The standard InChI is InChI=1S/C37H32O9/c1-36(2,3)34(39)45-26-16-28-33(31-25(43-6)14-18-12-21(42-5)9-11-23(18)30(26)31)37(35(40)46-28)17-24(38)29-22-10-8-20(41-4)13-19(22)15-27(44-7)32(29)37/h8-16H,17H2,1-7H3. The highest BCUT2D eigenvalue weighted by Gasteiger charge is 2.60. The average Bonchev–Trinajstić information content (AvgIpc) is 3.50. The molecular formula is C37H32O9. The number of benzene rings is 5. The highest BCUT2D eigenvalue weighted by molar-refractivity contribution is 6.23. The number of Topliss-reactive ketones (excluding diaryl/α,β-unsaturated/α-hetero) is 1. The molecular weight excluding hydrogens is 588 g/mol. The zero-order chi connectivity index (χ0) is 32.7. The van der Waals surface area contributed by atoms with E-state index in [9.17, 15) is 14.4 Å². The van der Waals surface area contributed by atoms with Crippen LogP contribution in [0.2, 0.25) is 0 Å². The zero-order valence-corrected chi connectivity index (χ0v) is 26.6. The topological polar surface area (TPSA) is 107 Å². The molecule has 1 aliphatic heterocycles. The van der Waals surface area contributed by atoms with Crippen molar-refractivity contribution in [3.05, 3.63) is 71.3 Å². The first-order valence-corrected chi connectivity index (χ1v) is 14.8. The van der Waals surface area contributed by atoms with Crippen LogP contribution in [0.5, 0.6) is 34.5 Å². The molecule has 5 aromatic carbocycles. The molecule has 0 bridgehead atoms. The van der Waals surface area contributed by atoms with Gasteiger partial charge in [0.05, 0.1) is 33.9 Å². The number of esters is 2. The third-order valence-electron chi connectivity index (χ3n) is 8.99. The van der Waals surface area contributed by atoms with Crippen molar-refractivity contribution >= 4 is 50.0 Å². The van der Waals surface area contributed by atoms with Crippen LogP contribution in [0, 0.1) is 5.41 Å². The molecule has 2 aliphatic rings. The Bertz CT molecular complexity index is 2170. The number of ketones is 1. The van der Waals surface area contributed by atoms with E-state index in [4.69, 9.17) is 28.4 Å². The molecule has 0 fully saturated rings. The van der Waals surface area contributed by atoms with Gasteiger partial charge >= 0.3 is 11.9 Å². The SMILES string of the molecule is COc1ccc2c3c(c(OC)cc2c1)C1(CC3=O)C(=O)Oc2cc(OC(=O)C(C)(C)C)c3c(c(OC)cc4cc(OC)ccc43)c21. The van der Waals surface area contributed by atoms with E-state index < -0.39 is 22.8 Å². The highest BCUT2D eigenvalue weighted by atomic mass is 16.6. The zero-order valence-electron chi connectivity index (χ0n) is 26.6. The smallest absolute Gasteiger partial charge is 0.327 e. The van der Waals surface area contributed by atoms with Gasteiger partial charge in [0.1, 0.15) is 39.9 Å². The minimum absolute atomic E-state index is 0.179. The second-order valence-electron chi connectivity index (χ2n) is 12.6. The van der Waals surface area contributed by atoms with E-state index in [1.54, 1.807) is 47.1 Å². The lowest BCUT2D eigenvalue weighted by Gasteiger charge is -2.26. The van der Waals surface area contributed by atoms with Crippen molar-refractivity contribution in [2.75, 3.05) is 28.4 Å². The quantitative estimate of drug-likeness (QED) is 0.118. The molecule has 0 amide bonds. The first kappa shape index (κ1) is 29.4. The van der Waals surface area contributed by atoms with Crippen LogP contribution in [0.25, 0.3) is 32.3 Å². The Morgan fingerprint density at radius 1 is 0.717 bits per heavy atom. The van der Waals surface area contributed by atoms with Gasteiger partial charge in [-0.2, -0.15) is 0 Å². The van der Waals surface area contributed by atoms with Gasteiger partial charge in [-0.15, -0.1) is 0 Å². The number of carbonyl (C=O) groups is 3. The van der Waals surface area contributed by atoms with Crippen molar-refractivity contribution < 1.29 is 42.8 Å². The van der Waals surface area contributed by atoms with Crippen LogP contribution in [-0.4, -0.2) is 46.2 Å². The maximum absolute atomic E-state index is 14.3. The van der Waals surface area contributed by atoms with Gasteiger partial charge in [0.15, 0.2) is 5.78 Å². The Morgan fingerprint density at radius 2 is 1.33 bits per heavy atom. The van der Waals surface area contributed by atoms with Crippen molar-refractivity contribution in [1.82, 2.24) is 0 Å². The molecule has 0 radical (unpaired) electrons. The normalized spacial score (nSPS) is 16.9. The van der Waals surface area contributed by atoms with E-state index in [0.717, 1.165) is 16.2 Å². The Balaban J connectivity index is 1.63. The molecule has 1 heterocycles. The van der Waals surface area contributed by atoms with E-state index in [2.05, 4.69) is 0 Å². The van der Waals surface area contributed by atoms with Gasteiger partial charge in [-0.3, -0.25) is 14.4 Å². The molecule has 0 N–H and O–H groups in total. The largest absolute Gasteiger partial charge is 0.497 e. The number of methoxy groups -OCH3 is 4. The van der Waals surface area contributed by atoms with Gasteiger partial charge in [0, 0.05) is 39.9 Å². The minimum atomic E-state index is -1.56. The van der Waals surface area contributed by atoms with Crippen molar-refractivity contribution in [2.45, 2.75) is 32.6 Å². The summed E-state index contributed by atoms with van der Waals surface area (Å²) < 4.78 is 34.9. The lowest BCUT2D eigenvalue weighted by Crippen LogP contribution is -2.33. The van der Waals surface area contributed by atoms with Gasteiger partial charge in [-0.1, -0.05) is 0 Å². The molecule has 9 nitrogen and oxygen atoms in total. The van der Waals surface area contributed by atoms with Crippen LogP contribution < -0.4 is 28.4 Å². The number of rotatable bonds is 5. The number of ether oxygens (including phenoxy) is 6. The lowest BCUT2D eigenvalue weighted by atomic mass is 9.73. The molecule has 234 valence electrons. The summed E-state index contributed by atoms with van der Waals surface area (Å²) in [5.41, 5.74) is -1.10. The Morgan fingerprint density at radius 3 is 1.93 bits per heavy atom. The Labute approximate surface area is 264 Å². The van der Waals surface area contributed by atoms with E-state index in [-0.39, 0.29) is 23.7 Å². The average molecular weight is 621 g/mol. The lowest BCUT2D eigenvalue weighted by molar-refractivity contribution is -0.142. The van der Waals surface area contributed by atoms with Crippen LogP contribution in [-0.2, 0) is 15.0 Å². The molecule has 0 saturated carbocycles. The second-order valence-corrected chi connectivity index (χ2v) is 12.6. The fourth-order valence-electron chi connectivity index (χ4n) is 6.83. The molecule has 0 aromatic heterocycles. The number of hydrogen-bond donors (Lipinski definition) is 0. The molecule has 1 atom stereocenters. The molecule has 1 unspecified atom stereocenters. The third kappa shape index (κ3) is 3.97. The number of carbonyl (C=O) groups excluding carboxylic acids is 3. The van der Waals surface area contributed by atoms with Crippen molar-refractivity contribution in [1.29, 1.82) is 0 Å². The van der Waals surface area contributed by atoms with Crippen molar-refractivity contribution in [2.24, 2.45) is 5.41 Å². The number of fused-ring (bicyclic) bond motifs is 10.